The molecule has 0 bridgehead atoms. The SMILES string of the molecule is CS(=O)(=O)CCC(O)C1CCCC1. The molecule has 1 atom stereocenters. The van der Waals surface area contributed by atoms with Crippen molar-refractivity contribution in [2.45, 2.75) is 38.2 Å². The van der Waals surface area contributed by atoms with E-state index in [0.717, 1.165) is 12.8 Å². The van der Waals surface area contributed by atoms with E-state index in [1.54, 1.807) is 0 Å². The zero-order chi connectivity index (χ0) is 9.90. The van der Waals surface area contributed by atoms with Gasteiger partial charge in [0.25, 0.3) is 0 Å². The molecule has 1 unspecified atom stereocenters. The third-order valence-corrected chi connectivity index (χ3v) is 3.71. The lowest BCUT2D eigenvalue weighted by atomic mass is 9.99. The topological polar surface area (TPSA) is 54.4 Å². The quantitative estimate of drug-likeness (QED) is 0.745. The zero-order valence-electron chi connectivity index (χ0n) is 8.07. The molecular weight excluding hydrogens is 188 g/mol. The predicted molar refractivity (Wildman–Crippen MR) is 52.3 cm³/mol. The standard InChI is InChI=1S/C9H18O3S/c1-13(11,12)7-6-9(10)8-4-2-3-5-8/h8-10H,2-7H2,1H3. The Morgan fingerprint density at radius 3 is 2.38 bits per heavy atom. The molecule has 3 nitrogen and oxygen atoms in total. The van der Waals surface area contributed by atoms with Crippen LogP contribution in [0.1, 0.15) is 32.1 Å². The number of aliphatic hydroxyl groups is 1. The van der Waals surface area contributed by atoms with Gasteiger partial charge in [0.2, 0.25) is 0 Å². The van der Waals surface area contributed by atoms with E-state index in [-0.39, 0.29) is 5.75 Å². The fourth-order valence-corrected chi connectivity index (χ4v) is 2.58. The minimum atomic E-state index is -2.91. The smallest absolute Gasteiger partial charge is 0.147 e. The fraction of sp³-hybridized carbons (Fsp3) is 1.00. The van der Waals surface area contributed by atoms with Crippen LogP contribution in [0.4, 0.5) is 0 Å². The van der Waals surface area contributed by atoms with Crippen LogP contribution in [0.15, 0.2) is 0 Å². The lowest BCUT2D eigenvalue weighted by Gasteiger charge is -2.16. The van der Waals surface area contributed by atoms with E-state index in [4.69, 9.17) is 0 Å². The lowest BCUT2D eigenvalue weighted by Crippen LogP contribution is -2.21. The van der Waals surface area contributed by atoms with Crippen molar-refractivity contribution < 1.29 is 13.5 Å². The van der Waals surface area contributed by atoms with Gasteiger partial charge in [-0.25, -0.2) is 8.42 Å². The van der Waals surface area contributed by atoms with E-state index in [9.17, 15) is 13.5 Å². The van der Waals surface area contributed by atoms with Crippen molar-refractivity contribution in [1.82, 2.24) is 0 Å². The number of sulfone groups is 1. The van der Waals surface area contributed by atoms with Crippen molar-refractivity contribution in [3.8, 4) is 0 Å². The zero-order valence-corrected chi connectivity index (χ0v) is 8.89. The highest BCUT2D eigenvalue weighted by Gasteiger charge is 2.23. The fourth-order valence-electron chi connectivity index (χ4n) is 1.91. The Labute approximate surface area is 80.1 Å². The summed E-state index contributed by atoms with van der Waals surface area (Å²) in [5.74, 6) is 0.465. The van der Waals surface area contributed by atoms with Crippen molar-refractivity contribution in [2.24, 2.45) is 5.92 Å². The second-order valence-corrected chi connectivity index (χ2v) is 6.29. The number of aliphatic hydroxyl groups excluding tert-OH is 1. The van der Waals surface area contributed by atoms with Crippen molar-refractivity contribution in [2.75, 3.05) is 12.0 Å². The average Bonchev–Trinajstić information content (AvgIpc) is 2.50. The van der Waals surface area contributed by atoms with Crippen LogP contribution in [0.5, 0.6) is 0 Å². The summed E-state index contributed by atoms with van der Waals surface area (Å²) in [4.78, 5) is 0. The molecule has 13 heavy (non-hydrogen) atoms. The van der Waals surface area contributed by atoms with Crippen molar-refractivity contribution in [3.05, 3.63) is 0 Å². The summed E-state index contributed by atoms with van der Waals surface area (Å²) < 4.78 is 21.7. The monoisotopic (exact) mass is 206 g/mol. The predicted octanol–water partition coefficient (Wildman–Crippen LogP) is 0.972. The maximum Gasteiger partial charge on any atom is 0.147 e. The maximum absolute atomic E-state index is 10.8. The molecule has 0 aromatic carbocycles. The Morgan fingerprint density at radius 1 is 1.38 bits per heavy atom. The molecule has 0 saturated heterocycles. The van der Waals surface area contributed by atoms with Gasteiger partial charge >= 0.3 is 0 Å². The summed E-state index contributed by atoms with van der Waals surface area (Å²) in [6.45, 7) is 0. The van der Waals surface area contributed by atoms with Gasteiger partial charge in [-0.3, -0.25) is 0 Å². The number of hydrogen-bond donors (Lipinski definition) is 1. The van der Waals surface area contributed by atoms with Gasteiger partial charge in [0.1, 0.15) is 9.84 Å². The van der Waals surface area contributed by atoms with Gasteiger partial charge in [-0.1, -0.05) is 12.8 Å². The van der Waals surface area contributed by atoms with Gasteiger partial charge in [0.05, 0.1) is 11.9 Å². The van der Waals surface area contributed by atoms with Crippen LogP contribution in [0.2, 0.25) is 0 Å². The van der Waals surface area contributed by atoms with E-state index < -0.39 is 15.9 Å². The molecule has 78 valence electrons. The van der Waals surface area contributed by atoms with Crippen molar-refractivity contribution in [3.63, 3.8) is 0 Å². The highest BCUT2D eigenvalue weighted by Crippen LogP contribution is 2.28. The molecule has 0 aliphatic heterocycles. The molecule has 4 heteroatoms. The first-order valence-electron chi connectivity index (χ1n) is 4.85. The molecule has 0 aromatic rings. The summed E-state index contributed by atoms with van der Waals surface area (Å²) in [7, 11) is -2.91. The number of hydrogen-bond acceptors (Lipinski definition) is 3. The molecule has 0 spiro atoms. The summed E-state index contributed by atoms with van der Waals surface area (Å²) in [5.41, 5.74) is 0. The minimum absolute atomic E-state index is 0.116. The third-order valence-electron chi connectivity index (χ3n) is 2.73. The number of rotatable bonds is 4. The van der Waals surface area contributed by atoms with Gasteiger partial charge in [0, 0.05) is 6.26 Å². The average molecular weight is 206 g/mol. The Balaban J connectivity index is 2.28. The van der Waals surface area contributed by atoms with E-state index in [1.165, 1.54) is 19.1 Å². The van der Waals surface area contributed by atoms with Gasteiger partial charge in [-0.05, 0) is 25.2 Å². The van der Waals surface area contributed by atoms with Crippen LogP contribution in [0.25, 0.3) is 0 Å². The van der Waals surface area contributed by atoms with Gasteiger partial charge in [-0.2, -0.15) is 0 Å². The summed E-state index contributed by atoms with van der Waals surface area (Å²) in [6.07, 6.45) is 5.70. The second-order valence-electron chi connectivity index (χ2n) is 4.03. The molecular formula is C9H18O3S. The summed E-state index contributed by atoms with van der Waals surface area (Å²) >= 11 is 0. The van der Waals surface area contributed by atoms with Gasteiger partial charge in [-0.15, -0.1) is 0 Å². The molecule has 0 heterocycles. The largest absolute Gasteiger partial charge is 0.393 e. The van der Waals surface area contributed by atoms with E-state index in [2.05, 4.69) is 0 Å². The highest BCUT2D eigenvalue weighted by molar-refractivity contribution is 7.90. The van der Waals surface area contributed by atoms with E-state index in [0.29, 0.717) is 12.3 Å². The van der Waals surface area contributed by atoms with Crippen molar-refractivity contribution >= 4 is 9.84 Å². The molecule has 1 saturated carbocycles. The van der Waals surface area contributed by atoms with Crippen LogP contribution in [0, 0.1) is 5.92 Å². The van der Waals surface area contributed by atoms with Crippen molar-refractivity contribution in [1.29, 1.82) is 0 Å². The second kappa shape index (κ2) is 4.42. The minimum Gasteiger partial charge on any atom is -0.393 e. The first-order valence-corrected chi connectivity index (χ1v) is 6.91. The Bertz CT molecular complexity index is 240. The molecule has 0 radical (unpaired) electrons. The van der Waals surface area contributed by atoms with Crippen LogP contribution < -0.4 is 0 Å². The molecule has 1 fully saturated rings. The Kier molecular flexibility index (Phi) is 3.74. The van der Waals surface area contributed by atoms with Gasteiger partial charge in [0.15, 0.2) is 0 Å². The van der Waals surface area contributed by atoms with Crippen LogP contribution in [-0.2, 0) is 9.84 Å². The summed E-state index contributed by atoms with van der Waals surface area (Å²) in [6, 6.07) is 0. The third kappa shape index (κ3) is 4.09. The first-order chi connectivity index (χ1) is 5.99. The highest BCUT2D eigenvalue weighted by atomic mass is 32.2. The molecule has 0 amide bonds. The van der Waals surface area contributed by atoms with Gasteiger partial charge < -0.3 is 5.11 Å². The maximum atomic E-state index is 10.8. The molecule has 1 N–H and O–H groups in total. The Hall–Kier alpha value is -0.0900. The normalized spacial score (nSPS) is 22.0. The Morgan fingerprint density at radius 2 is 1.92 bits per heavy atom. The molecule has 1 aliphatic carbocycles. The first kappa shape index (κ1) is 11.0. The van der Waals surface area contributed by atoms with E-state index in [1.807, 2.05) is 0 Å². The van der Waals surface area contributed by atoms with Crippen LogP contribution >= 0.6 is 0 Å². The lowest BCUT2D eigenvalue weighted by molar-refractivity contribution is 0.107. The summed E-state index contributed by atoms with van der Waals surface area (Å²) in [5, 5.41) is 9.65. The van der Waals surface area contributed by atoms with Crippen LogP contribution in [0.3, 0.4) is 0 Å². The molecule has 1 rings (SSSR count). The van der Waals surface area contributed by atoms with Crippen LogP contribution in [-0.4, -0.2) is 31.6 Å². The molecule has 0 aromatic heterocycles. The molecule has 1 aliphatic rings. The van der Waals surface area contributed by atoms with E-state index >= 15 is 0 Å².